The van der Waals surface area contributed by atoms with Gasteiger partial charge in [-0.1, -0.05) is 24.3 Å². The van der Waals surface area contributed by atoms with Gasteiger partial charge < -0.3 is 20.4 Å². The van der Waals surface area contributed by atoms with E-state index in [1.165, 1.54) is 0 Å². The average molecular weight is 464 g/mol. The lowest BCUT2D eigenvalue weighted by Crippen LogP contribution is -2.15. The maximum absolute atomic E-state index is 13.0. The third-order valence-corrected chi connectivity index (χ3v) is 5.87. The minimum Gasteiger partial charge on any atom is -0.496 e. The second-order valence-electron chi connectivity index (χ2n) is 8.13. The number of nitrogens with one attached hydrogen (secondary N) is 3. The number of amides is 1. The molecule has 5 rings (SSSR count). The van der Waals surface area contributed by atoms with Crippen molar-refractivity contribution in [2.24, 2.45) is 0 Å². The lowest BCUT2D eigenvalue weighted by atomic mass is 9.99. The van der Waals surface area contributed by atoms with Crippen LogP contribution in [0.3, 0.4) is 0 Å². The molecular weight excluding hydrogens is 438 g/mol. The third kappa shape index (κ3) is 4.56. The quantitative estimate of drug-likeness (QED) is 0.287. The molecule has 174 valence electrons. The highest BCUT2D eigenvalue weighted by atomic mass is 16.5. The van der Waals surface area contributed by atoms with Gasteiger partial charge >= 0.3 is 0 Å². The molecule has 2 aromatic carbocycles. The van der Waals surface area contributed by atoms with Crippen LogP contribution in [-0.4, -0.2) is 28.0 Å². The van der Waals surface area contributed by atoms with Crippen molar-refractivity contribution in [3.8, 4) is 5.75 Å². The Kier molecular flexibility index (Phi) is 6.13. The SMILES string of the molecule is COc1ccccc1C(=O)Nc1ccc2[nH]c(C)c([C@@H](Nc3ccccn3)c3ccccn3)c2c1. The number of aromatic nitrogens is 3. The Hall–Kier alpha value is -4.65. The topological polar surface area (TPSA) is 91.9 Å². The lowest BCUT2D eigenvalue weighted by Gasteiger charge is -2.20. The van der Waals surface area contributed by atoms with Gasteiger partial charge in [0.25, 0.3) is 5.91 Å². The van der Waals surface area contributed by atoms with Crippen LogP contribution in [0, 0.1) is 6.92 Å². The van der Waals surface area contributed by atoms with Crippen LogP contribution in [0.25, 0.3) is 10.9 Å². The molecule has 3 N–H and O–H groups in total. The van der Waals surface area contributed by atoms with E-state index in [0.29, 0.717) is 17.0 Å². The number of hydrogen-bond donors (Lipinski definition) is 3. The van der Waals surface area contributed by atoms with E-state index in [1.807, 2.05) is 73.7 Å². The van der Waals surface area contributed by atoms with Gasteiger partial charge in [-0.3, -0.25) is 9.78 Å². The van der Waals surface area contributed by atoms with E-state index in [-0.39, 0.29) is 11.9 Å². The first-order valence-electron chi connectivity index (χ1n) is 11.3. The molecule has 7 nitrogen and oxygen atoms in total. The number of fused-ring (bicyclic) bond motifs is 1. The van der Waals surface area contributed by atoms with E-state index >= 15 is 0 Å². The van der Waals surface area contributed by atoms with Crippen molar-refractivity contribution in [2.45, 2.75) is 13.0 Å². The smallest absolute Gasteiger partial charge is 0.259 e. The van der Waals surface area contributed by atoms with Gasteiger partial charge in [0.05, 0.1) is 24.4 Å². The number of pyridine rings is 2. The predicted molar refractivity (Wildman–Crippen MR) is 138 cm³/mol. The molecule has 1 amide bonds. The van der Waals surface area contributed by atoms with Gasteiger partial charge in [-0.25, -0.2) is 4.98 Å². The second-order valence-corrected chi connectivity index (χ2v) is 8.13. The Bertz CT molecular complexity index is 1470. The molecule has 0 unspecified atom stereocenters. The molecule has 0 radical (unpaired) electrons. The minimum atomic E-state index is -0.250. The molecule has 0 fully saturated rings. The van der Waals surface area contributed by atoms with Crippen LogP contribution in [0.4, 0.5) is 11.5 Å². The van der Waals surface area contributed by atoms with Crippen LogP contribution in [0.2, 0.25) is 0 Å². The highest BCUT2D eigenvalue weighted by molar-refractivity contribution is 6.07. The molecule has 0 saturated carbocycles. The van der Waals surface area contributed by atoms with E-state index in [2.05, 4.69) is 25.6 Å². The maximum Gasteiger partial charge on any atom is 0.259 e. The van der Waals surface area contributed by atoms with Crippen molar-refractivity contribution in [2.75, 3.05) is 17.7 Å². The first-order chi connectivity index (χ1) is 17.1. The monoisotopic (exact) mass is 463 g/mol. The first-order valence-corrected chi connectivity index (χ1v) is 11.3. The number of hydrogen-bond acceptors (Lipinski definition) is 5. The van der Waals surface area contributed by atoms with Crippen molar-refractivity contribution in [1.82, 2.24) is 15.0 Å². The first kappa shape index (κ1) is 22.2. The van der Waals surface area contributed by atoms with E-state index in [9.17, 15) is 4.79 Å². The van der Waals surface area contributed by atoms with Crippen LogP contribution < -0.4 is 15.4 Å². The van der Waals surface area contributed by atoms with Crippen LogP contribution >= 0.6 is 0 Å². The molecule has 0 spiro atoms. The Morgan fingerprint density at radius 3 is 2.46 bits per heavy atom. The van der Waals surface area contributed by atoms with Crippen LogP contribution in [0.5, 0.6) is 5.75 Å². The molecule has 1 atom stereocenters. The van der Waals surface area contributed by atoms with Crippen LogP contribution in [-0.2, 0) is 0 Å². The summed E-state index contributed by atoms with van der Waals surface area (Å²) in [5.41, 5.74) is 5.04. The van der Waals surface area contributed by atoms with E-state index in [1.54, 1.807) is 31.6 Å². The van der Waals surface area contributed by atoms with Crippen molar-refractivity contribution >= 4 is 28.3 Å². The fourth-order valence-electron chi connectivity index (χ4n) is 4.26. The fourth-order valence-corrected chi connectivity index (χ4v) is 4.26. The zero-order chi connectivity index (χ0) is 24.2. The minimum absolute atomic E-state index is 0.233. The van der Waals surface area contributed by atoms with Gasteiger partial charge in [-0.2, -0.15) is 0 Å². The fraction of sp³-hybridized carbons (Fsp3) is 0.107. The summed E-state index contributed by atoms with van der Waals surface area (Å²) in [5.74, 6) is 1.04. The molecule has 7 heteroatoms. The number of anilines is 2. The van der Waals surface area contributed by atoms with Gasteiger partial charge in [0.15, 0.2) is 0 Å². The van der Waals surface area contributed by atoms with Crippen molar-refractivity contribution < 1.29 is 9.53 Å². The Labute approximate surface area is 203 Å². The van der Waals surface area contributed by atoms with E-state index in [0.717, 1.165) is 33.7 Å². The van der Waals surface area contributed by atoms with Crippen molar-refractivity contribution in [1.29, 1.82) is 0 Å². The van der Waals surface area contributed by atoms with E-state index < -0.39 is 0 Å². The number of para-hydroxylation sites is 1. The summed E-state index contributed by atoms with van der Waals surface area (Å²) in [6.45, 7) is 2.04. The molecule has 5 aromatic rings. The summed E-state index contributed by atoms with van der Waals surface area (Å²) in [4.78, 5) is 25.5. The van der Waals surface area contributed by atoms with Gasteiger partial charge in [0.2, 0.25) is 0 Å². The molecule has 35 heavy (non-hydrogen) atoms. The summed E-state index contributed by atoms with van der Waals surface area (Å²) in [6, 6.07) is 24.4. The lowest BCUT2D eigenvalue weighted by molar-refractivity contribution is 0.102. The molecule has 0 aliphatic rings. The molecule has 0 aliphatic carbocycles. The molecular formula is C28H25N5O2. The largest absolute Gasteiger partial charge is 0.496 e. The molecule has 0 aliphatic heterocycles. The van der Waals surface area contributed by atoms with Gasteiger partial charge in [0, 0.05) is 40.2 Å². The molecule has 0 saturated heterocycles. The Balaban J connectivity index is 1.55. The number of benzene rings is 2. The number of methoxy groups -OCH3 is 1. The highest BCUT2D eigenvalue weighted by Gasteiger charge is 2.23. The molecule has 0 bridgehead atoms. The normalized spacial score (nSPS) is 11.7. The zero-order valence-electron chi connectivity index (χ0n) is 19.4. The molecule has 3 heterocycles. The van der Waals surface area contributed by atoms with E-state index in [4.69, 9.17) is 4.74 Å². The number of rotatable bonds is 7. The number of aryl methyl sites for hydroxylation is 1. The third-order valence-electron chi connectivity index (χ3n) is 5.87. The number of ether oxygens (including phenoxy) is 1. The molecule has 3 aromatic heterocycles. The number of aromatic amines is 1. The van der Waals surface area contributed by atoms with Gasteiger partial charge in [-0.05, 0) is 61.5 Å². The summed E-state index contributed by atoms with van der Waals surface area (Å²) < 4.78 is 5.35. The second kappa shape index (κ2) is 9.69. The Morgan fingerprint density at radius 1 is 0.943 bits per heavy atom. The van der Waals surface area contributed by atoms with Crippen LogP contribution in [0.15, 0.2) is 91.3 Å². The maximum atomic E-state index is 13.0. The zero-order valence-corrected chi connectivity index (χ0v) is 19.4. The summed E-state index contributed by atoms with van der Waals surface area (Å²) in [6.07, 6.45) is 3.54. The predicted octanol–water partition coefficient (Wildman–Crippen LogP) is 5.73. The summed E-state index contributed by atoms with van der Waals surface area (Å²) in [7, 11) is 1.55. The standard InChI is InChI=1S/C28H25N5O2/c1-18-26(27(23-10-5-7-15-29-23)33-25-12-6-8-16-30-25)21-17-19(13-14-22(21)31-18)32-28(34)20-9-3-4-11-24(20)35-2/h3-17,27,31H,1-2H3,(H,30,33)(H,32,34)/t27-/m0/s1. The summed E-state index contributed by atoms with van der Waals surface area (Å²) in [5, 5.41) is 7.53. The number of carbonyl (C=O) groups excluding carboxylic acids is 1. The highest BCUT2D eigenvalue weighted by Crippen LogP contribution is 2.35. The van der Waals surface area contributed by atoms with Gasteiger partial charge in [-0.15, -0.1) is 0 Å². The number of nitrogens with zero attached hydrogens (tertiary/aromatic N) is 2. The average Bonchev–Trinajstić information content (AvgIpc) is 3.23. The van der Waals surface area contributed by atoms with Gasteiger partial charge in [0.1, 0.15) is 11.6 Å². The number of H-pyrrole nitrogens is 1. The van der Waals surface area contributed by atoms with Crippen LogP contribution in [0.1, 0.15) is 33.4 Å². The van der Waals surface area contributed by atoms with Crippen molar-refractivity contribution in [3.05, 3.63) is 114 Å². The summed E-state index contributed by atoms with van der Waals surface area (Å²) >= 11 is 0. The number of carbonyl (C=O) groups is 1. The Morgan fingerprint density at radius 2 is 1.71 bits per heavy atom. The van der Waals surface area contributed by atoms with Crippen molar-refractivity contribution in [3.63, 3.8) is 0 Å².